The van der Waals surface area contributed by atoms with Crippen molar-refractivity contribution in [2.75, 3.05) is 0 Å². The van der Waals surface area contributed by atoms with Crippen LogP contribution in [0.25, 0.3) is 66.6 Å². The van der Waals surface area contributed by atoms with Crippen LogP contribution >= 0.6 is 0 Å². The lowest BCUT2D eigenvalue weighted by Crippen LogP contribution is -2.03. The summed E-state index contributed by atoms with van der Waals surface area (Å²) >= 11 is 0. The number of imidazole rings is 1. The molecule has 8 aromatic rings. The molecule has 0 N–H and O–H groups in total. The lowest BCUT2D eigenvalue weighted by Gasteiger charge is -2.13. The summed E-state index contributed by atoms with van der Waals surface area (Å²) in [5.41, 5.74) is 8.77. The average molecular weight is 462 g/mol. The molecule has 8 rings (SSSR count). The highest BCUT2D eigenvalue weighted by Crippen LogP contribution is 2.37. The molecule has 36 heavy (non-hydrogen) atoms. The van der Waals surface area contributed by atoms with Gasteiger partial charge in [0.2, 0.25) is 0 Å². The van der Waals surface area contributed by atoms with Crippen LogP contribution in [0.3, 0.4) is 0 Å². The van der Waals surface area contributed by atoms with Crippen molar-refractivity contribution in [2.45, 2.75) is 0 Å². The number of hydrogen-bond donors (Lipinski definition) is 0. The summed E-state index contributed by atoms with van der Waals surface area (Å²) < 4.78 is 4.39. The van der Waals surface area contributed by atoms with Crippen LogP contribution in [0, 0.1) is 0 Å². The highest BCUT2D eigenvalue weighted by Gasteiger charge is 2.20. The van der Waals surface area contributed by atoms with Crippen molar-refractivity contribution >= 4 is 49.5 Å². The van der Waals surface area contributed by atoms with Crippen LogP contribution in [0.5, 0.6) is 0 Å². The molecular formula is C31H19N5. The minimum absolute atomic E-state index is 0.814. The Labute approximate surface area is 205 Å². The number of aromatic nitrogens is 5. The first-order chi connectivity index (χ1) is 17.8. The van der Waals surface area contributed by atoms with Crippen LogP contribution in [0.2, 0.25) is 0 Å². The van der Waals surface area contributed by atoms with Gasteiger partial charge < -0.3 is 0 Å². The van der Waals surface area contributed by atoms with Gasteiger partial charge in [0.25, 0.3) is 0 Å². The summed E-state index contributed by atoms with van der Waals surface area (Å²) in [4.78, 5) is 15.2. The Bertz CT molecular complexity index is 2100. The molecule has 168 valence electrons. The van der Waals surface area contributed by atoms with E-state index in [1.165, 1.54) is 5.39 Å². The van der Waals surface area contributed by atoms with E-state index in [1.54, 1.807) is 0 Å². The molecule has 0 saturated carbocycles. The first-order valence-electron chi connectivity index (χ1n) is 12.0. The van der Waals surface area contributed by atoms with Gasteiger partial charge in [-0.05, 0) is 42.5 Å². The van der Waals surface area contributed by atoms with Crippen LogP contribution in [-0.4, -0.2) is 23.9 Å². The number of pyridine rings is 1. The van der Waals surface area contributed by atoms with E-state index in [0.29, 0.717) is 0 Å². The molecule has 0 saturated heterocycles. The van der Waals surface area contributed by atoms with Gasteiger partial charge in [-0.2, -0.15) is 0 Å². The van der Waals surface area contributed by atoms with Gasteiger partial charge in [-0.3, -0.25) is 8.97 Å². The van der Waals surface area contributed by atoms with Crippen LogP contribution in [-0.2, 0) is 0 Å². The Morgan fingerprint density at radius 2 is 1.25 bits per heavy atom. The fraction of sp³-hybridized carbons (Fsp3) is 0. The zero-order chi connectivity index (χ0) is 23.6. The molecule has 0 aliphatic heterocycles. The summed E-state index contributed by atoms with van der Waals surface area (Å²) in [5.74, 6) is 0.814. The van der Waals surface area contributed by atoms with E-state index in [9.17, 15) is 0 Å². The third-order valence-electron chi connectivity index (χ3n) is 6.91. The highest BCUT2D eigenvalue weighted by atomic mass is 15.1. The second-order valence-corrected chi connectivity index (χ2v) is 9.00. The third-order valence-corrected chi connectivity index (χ3v) is 6.91. The van der Waals surface area contributed by atoms with E-state index < -0.39 is 0 Å². The summed E-state index contributed by atoms with van der Waals surface area (Å²) in [7, 11) is 0. The maximum atomic E-state index is 5.19. The fourth-order valence-electron chi connectivity index (χ4n) is 5.29. The van der Waals surface area contributed by atoms with Gasteiger partial charge in [-0.25, -0.2) is 15.0 Å². The van der Waals surface area contributed by atoms with Crippen LogP contribution in [0.4, 0.5) is 0 Å². The van der Waals surface area contributed by atoms with E-state index in [-0.39, 0.29) is 0 Å². The molecule has 5 heteroatoms. The molecule has 0 bridgehead atoms. The number of benzene rings is 4. The minimum atomic E-state index is 0.814. The summed E-state index contributed by atoms with van der Waals surface area (Å²) in [6.07, 6.45) is 2.07. The Morgan fingerprint density at radius 3 is 2.14 bits per heavy atom. The van der Waals surface area contributed by atoms with Crippen molar-refractivity contribution in [1.29, 1.82) is 0 Å². The smallest absolute Gasteiger partial charge is 0.165 e. The van der Waals surface area contributed by atoms with Crippen molar-refractivity contribution in [1.82, 2.24) is 23.9 Å². The molecule has 5 nitrogen and oxygen atoms in total. The number of para-hydroxylation sites is 3. The lowest BCUT2D eigenvalue weighted by molar-refractivity contribution is 1.08. The predicted octanol–water partition coefficient (Wildman–Crippen LogP) is 7.19. The zero-order valence-electron chi connectivity index (χ0n) is 19.2. The second-order valence-electron chi connectivity index (χ2n) is 9.00. The first kappa shape index (κ1) is 19.3. The standard InChI is InChI=1S/C31H19N5/c1-2-10-20(11-3-1)30-31(34-24-14-6-5-13-23(24)33-30)36-26-15-7-4-12-21(26)22-18-28-25(19-27(22)36)32-29-16-8-9-17-35(28)29/h1-19H. The summed E-state index contributed by atoms with van der Waals surface area (Å²) in [6.45, 7) is 0. The molecule has 0 aliphatic carbocycles. The maximum absolute atomic E-state index is 5.19. The summed E-state index contributed by atoms with van der Waals surface area (Å²) in [6, 6.07) is 37.4. The van der Waals surface area contributed by atoms with Crippen molar-refractivity contribution in [3.05, 3.63) is 115 Å². The Kier molecular flexibility index (Phi) is 3.88. The van der Waals surface area contributed by atoms with Crippen LogP contribution < -0.4 is 0 Å². The van der Waals surface area contributed by atoms with E-state index >= 15 is 0 Å². The molecule has 4 heterocycles. The van der Waals surface area contributed by atoms with E-state index in [1.807, 2.05) is 60.7 Å². The SMILES string of the molecule is c1ccc(-c2nc3ccccc3nc2-n2c3ccccc3c3cc4c(cc32)nc2ccccn24)cc1. The van der Waals surface area contributed by atoms with Crippen LogP contribution in [0.15, 0.2) is 115 Å². The first-order valence-corrected chi connectivity index (χ1v) is 12.0. The average Bonchev–Trinajstić information content (AvgIpc) is 3.46. The quantitative estimate of drug-likeness (QED) is 0.274. The van der Waals surface area contributed by atoms with Crippen molar-refractivity contribution < 1.29 is 0 Å². The molecule has 0 amide bonds. The highest BCUT2D eigenvalue weighted by molar-refractivity contribution is 6.13. The number of nitrogens with zero attached hydrogens (tertiary/aromatic N) is 5. The second kappa shape index (κ2) is 7.23. The Morgan fingerprint density at radius 1 is 0.500 bits per heavy atom. The lowest BCUT2D eigenvalue weighted by atomic mass is 10.1. The van der Waals surface area contributed by atoms with Gasteiger partial charge in [-0.1, -0.05) is 66.7 Å². The van der Waals surface area contributed by atoms with Gasteiger partial charge in [0.05, 0.1) is 33.1 Å². The molecule has 0 fully saturated rings. The Hall–Kier alpha value is -5.03. The molecule has 0 unspecified atom stereocenters. The normalized spacial score (nSPS) is 11.9. The fourth-order valence-corrected chi connectivity index (χ4v) is 5.29. The minimum Gasteiger partial charge on any atom is -0.300 e. The molecule has 0 atom stereocenters. The van der Waals surface area contributed by atoms with E-state index in [2.05, 4.69) is 63.7 Å². The van der Waals surface area contributed by atoms with E-state index in [4.69, 9.17) is 15.0 Å². The Balaban J connectivity index is 1.56. The molecule has 0 radical (unpaired) electrons. The largest absolute Gasteiger partial charge is 0.300 e. The molecule has 0 spiro atoms. The number of hydrogen-bond acceptors (Lipinski definition) is 3. The van der Waals surface area contributed by atoms with E-state index in [0.717, 1.165) is 61.2 Å². The maximum Gasteiger partial charge on any atom is 0.165 e. The predicted molar refractivity (Wildman–Crippen MR) is 146 cm³/mol. The zero-order valence-corrected chi connectivity index (χ0v) is 19.2. The molecule has 4 aromatic carbocycles. The summed E-state index contributed by atoms with van der Waals surface area (Å²) in [5, 5.41) is 2.34. The van der Waals surface area contributed by atoms with Gasteiger partial charge in [0.1, 0.15) is 11.3 Å². The van der Waals surface area contributed by atoms with Crippen molar-refractivity contribution in [3.63, 3.8) is 0 Å². The third kappa shape index (κ3) is 2.68. The van der Waals surface area contributed by atoms with Gasteiger partial charge >= 0.3 is 0 Å². The van der Waals surface area contributed by atoms with Gasteiger partial charge in [0, 0.05) is 22.5 Å². The van der Waals surface area contributed by atoms with Gasteiger partial charge in [-0.15, -0.1) is 0 Å². The topological polar surface area (TPSA) is 48.0 Å². The van der Waals surface area contributed by atoms with Crippen LogP contribution in [0.1, 0.15) is 0 Å². The number of rotatable bonds is 2. The van der Waals surface area contributed by atoms with Gasteiger partial charge in [0.15, 0.2) is 5.82 Å². The molecule has 4 aromatic heterocycles. The van der Waals surface area contributed by atoms with Crippen molar-refractivity contribution in [2.24, 2.45) is 0 Å². The van der Waals surface area contributed by atoms with Crippen molar-refractivity contribution in [3.8, 4) is 17.1 Å². The monoisotopic (exact) mass is 461 g/mol. The molecule has 0 aliphatic rings. The number of fused-ring (bicyclic) bond motifs is 7. The molecular weight excluding hydrogens is 442 g/mol.